The third kappa shape index (κ3) is 2.84. The zero-order valence-corrected chi connectivity index (χ0v) is 14.4. The molecule has 0 saturated heterocycles. The molecule has 2 aromatic rings. The Balaban J connectivity index is 2.13. The van der Waals surface area contributed by atoms with Crippen LogP contribution in [0.15, 0.2) is 40.6 Å². The molecule has 8 heteroatoms. The summed E-state index contributed by atoms with van der Waals surface area (Å²) in [6.07, 6.45) is 0.689. The normalized spacial score (nSPS) is 18.6. The van der Waals surface area contributed by atoms with E-state index in [0.29, 0.717) is 29.1 Å². The SMILES string of the molecule is CN1CCc2c(sc(N)c2C#N)C1C(=N/O)/C(=N/O)c1ccccc1. The number of fused-ring (bicyclic) bond motifs is 1. The van der Waals surface area contributed by atoms with Crippen molar-refractivity contribution in [1.29, 1.82) is 5.26 Å². The van der Waals surface area contributed by atoms with Gasteiger partial charge in [0.05, 0.1) is 11.6 Å². The summed E-state index contributed by atoms with van der Waals surface area (Å²) < 4.78 is 0. The van der Waals surface area contributed by atoms with E-state index in [-0.39, 0.29) is 11.4 Å². The smallest absolute Gasteiger partial charge is 0.136 e. The van der Waals surface area contributed by atoms with Gasteiger partial charge in [-0.15, -0.1) is 11.3 Å². The van der Waals surface area contributed by atoms with Crippen LogP contribution in [0.25, 0.3) is 0 Å². The van der Waals surface area contributed by atoms with E-state index < -0.39 is 6.04 Å². The molecular formula is C17H17N5O2S. The van der Waals surface area contributed by atoms with Gasteiger partial charge in [0.2, 0.25) is 0 Å². The number of thiophene rings is 1. The highest BCUT2D eigenvalue weighted by molar-refractivity contribution is 7.16. The molecule has 1 aliphatic rings. The lowest BCUT2D eigenvalue weighted by molar-refractivity contribution is 0.273. The molecule has 1 unspecified atom stereocenters. The standard InChI is InChI=1S/C17H17N5O2S/c1-22-8-7-11-12(9-18)17(19)25-16(11)15(22)14(21-24)13(20-23)10-5-3-2-4-6-10/h2-6,15,23-24H,7-8,19H2,1H3/b20-13+,21-14+. The van der Waals surface area contributed by atoms with Gasteiger partial charge in [-0.1, -0.05) is 40.6 Å². The summed E-state index contributed by atoms with van der Waals surface area (Å²) in [6.45, 7) is 0.662. The number of oxime groups is 2. The van der Waals surface area contributed by atoms with Crippen LogP contribution in [0.2, 0.25) is 0 Å². The van der Waals surface area contributed by atoms with Crippen molar-refractivity contribution in [2.24, 2.45) is 10.3 Å². The third-order valence-electron chi connectivity index (χ3n) is 4.34. The molecule has 0 spiro atoms. The van der Waals surface area contributed by atoms with Crippen LogP contribution in [0.4, 0.5) is 5.00 Å². The number of rotatable bonds is 3. The van der Waals surface area contributed by atoms with Crippen molar-refractivity contribution >= 4 is 27.8 Å². The maximum Gasteiger partial charge on any atom is 0.136 e. The van der Waals surface area contributed by atoms with E-state index in [1.807, 2.05) is 30.1 Å². The van der Waals surface area contributed by atoms with Crippen molar-refractivity contribution in [2.75, 3.05) is 19.3 Å². The van der Waals surface area contributed by atoms with Crippen LogP contribution in [0.5, 0.6) is 0 Å². The van der Waals surface area contributed by atoms with E-state index in [2.05, 4.69) is 16.4 Å². The number of nitrogens with two attached hydrogens (primary N) is 1. The van der Waals surface area contributed by atoms with Crippen LogP contribution in [-0.4, -0.2) is 40.3 Å². The molecule has 0 saturated carbocycles. The van der Waals surface area contributed by atoms with E-state index in [1.165, 1.54) is 11.3 Å². The Morgan fingerprint density at radius 1 is 1.32 bits per heavy atom. The van der Waals surface area contributed by atoms with E-state index in [0.717, 1.165) is 10.4 Å². The van der Waals surface area contributed by atoms with Gasteiger partial charge in [0.1, 0.15) is 22.5 Å². The lowest BCUT2D eigenvalue weighted by atomic mass is 9.91. The van der Waals surface area contributed by atoms with Gasteiger partial charge in [0.15, 0.2) is 0 Å². The van der Waals surface area contributed by atoms with E-state index in [4.69, 9.17) is 5.73 Å². The van der Waals surface area contributed by atoms with Crippen molar-refractivity contribution in [1.82, 2.24) is 4.90 Å². The van der Waals surface area contributed by atoms with Gasteiger partial charge >= 0.3 is 0 Å². The predicted octanol–water partition coefficient (Wildman–Crippen LogP) is 2.44. The number of hydrogen-bond acceptors (Lipinski definition) is 8. The number of nitriles is 1. The van der Waals surface area contributed by atoms with Crippen LogP contribution in [0.3, 0.4) is 0 Å². The molecule has 1 atom stereocenters. The Labute approximate surface area is 148 Å². The number of likely N-dealkylation sites (N-methyl/N-ethyl adjacent to an activating group) is 1. The molecule has 0 bridgehead atoms. The topological polar surface area (TPSA) is 118 Å². The molecule has 1 aliphatic heterocycles. The monoisotopic (exact) mass is 355 g/mol. The van der Waals surface area contributed by atoms with Gasteiger partial charge in [0.25, 0.3) is 0 Å². The fourth-order valence-corrected chi connectivity index (χ4v) is 4.37. The second-order valence-corrected chi connectivity index (χ2v) is 6.81. The van der Waals surface area contributed by atoms with Crippen LogP contribution < -0.4 is 5.73 Å². The largest absolute Gasteiger partial charge is 0.411 e. The number of hydrogen-bond donors (Lipinski definition) is 3. The van der Waals surface area contributed by atoms with Gasteiger partial charge in [-0.05, 0) is 19.0 Å². The Kier molecular flexibility index (Phi) is 4.70. The summed E-state index contributed by atoms with van der Waals surface area (Å²) in [5.41, 5.74) is 8.37. The summed E-state index contributed by atoms with van der Waals surface area (Å²) in [5, 5.41) is 35.9. The number of benzene rings is 1. The lowest BCUT2D eigenvalue weighted by Gasteiger charge is -2.32. The minimum absolute atomic E-state index is 0.179. The van der Waals surface area contributed by atoms with Gasteiger partial charge in [-0.25, -0.2) is 0 Å². The summed E-state index contributed by atoms with van der Waals surface area (Å²) in [5.74, 6) is 0. The van der Waals surface area contributed by atoms with Crippen molar-refractivity contribution < 1.29 is 10.4 Å². The quantitative estimate of drug-likeness (QED) is 0.444. The Morgan fingerprint density at radius 3 is 2.64 bits per heavy atom. The lowest BCUT2D eigenvalue weighted by Crippen LogP contribution is -2.39. The summed E-state index contributed by atoms with van der Waals surface area (Å²) >= 11 is 1.31. The third-order valence-corrected chi connectivity index (χ3v) is 5.45. The molecule has 128 valence electrons. The van der Waals surface area contributed by atoms with E-state index >= 15 is 0 Å². The second kappa shape index (κ2) is 6.93. The van der Waals surface area contributed by atoms with Crippen molar-refractivity contribution in [2.45, 2.75) is 12.5 Å². The number of nitrogen functional groups attached to an aromatic ring is 1. The molecule has 4 N–H and O–H groups in total. The highest BCUT2D eigenvalue weighted by Gasteiger charge is 2.36. The highest BCUT2D eigenvalue weighted by Crippen LogP contribution is 2.41. The first-order chi connectivity index (χ1) is 12.1. The minimum atomic E-state index is -0.450. The fourth-order valence-electron chi connectivity index (χ4n) is 3.13. The van der Waals surface area contributed by atoms with Gasteiger partial charge in [-0.3, -0.25) is 4.90 Å². The van der Waals surface area contributed by atoms with Crippen molar-refractivity contribution in [3.8, 4) is 6.07 Å². The Hall–Kier alpha value is -2.89. The van der Waals surface area contributed by atoms with Crippen LogP contribution in [-0.2, 0) is 6.42 Å². The second-order valence-electron chi connectivity index (χ2n) is 5.73. The van der Waals surface area contributed by atoms with Gasteiger partial charge in [0, 0.05) is 17.0 Å². The van der Waals surface area contributed by atoms with E-state index in [1.54, 1.807) is 12.1 Å². The maximum atomic E-state index is 9.70. The number of anilines is 1. The molecule has 1 aromatic heterocycles. The number of nitrogens with zero attached hydrogens (tertiary/aromatic N) is 4. The first kappa shape index (κ1) is 17.0. The Bertz CT molecular complexity index is 882. The molecule has 3 rings (SSSR count). The minimum Gasteiger partial charge on any atom is -0.411 e. The molecule has 0 aliphatic carbocycles. The van der Waals surface area contributed by atoms with E-state index in [9.17, 15) is 15.7 Å². The molecule has 2 heterocycles. The van der Waals surface area contributed by atoms with Crippen LogP contribution >= 0.6 is 11.3 Å². The molecule has 0 fully saturated rings. The first-order valence-corrected chi connectivity index (χ1v) is 8.45. The fraction of sp³-hybridized carbons (Fsp3) is 0.235. The molecule has 7 nitrogen and oxygen atoms in total. The zero-order valence-electron chi connectivity index (χ0n) is 13.5. The predicted molar refractivity (Wildman–Crippen MR) is 96.5 cm³/mol. The zero-order chi connectivity index (χ0) is 18.0. The first-order valence-electron chi connectivity index (χ1n) is 7.63. The van der Waals surface area contributed by atoms with Gasteiger partial charge in [-0.2, -0.15) is 5.26 Å². The van der Waals surface area contributed by atoms with Crippen LogP contribution in [0, 0.1) is 11.3 Å². The Morgan fingerprint density at radius 2 is 2.04 bits per heavy atom. The van der Waals surface area contributed by atoms with Crippen molar-refractivity contribution in [3.05, 3.63) is 51.9 Å². The molecule has 1 aromatic carbocycles. The summed E-state index contributed by atoms with van der Waals surface area (Å²) in [7, 11) is 1.89. The van der Waals surface area contributed by atoms with Crippen LogP contribution in [0.1, 0.15) is 27.6 Å². The summed E-state index contributed by atoms with van der Waals surface area (Å²) in [6, 6.07) is 10.7. The average molecular weight is 355 g/mol. The molecule has 25 heavy (non-hydrogen) atoms. The van der Waals surface area contributed by atoms with Crippen molar-refractivity contribution in [3.63, 3.8) is 0 Å². The average Bonchev–Trinajstić information content (AvgIpc) is 2.96. The van der Waals surface area contributed by atoms with Gasteiger partial charge < -0.3 is 16.1 Å². The maximum absolute atomic E-state index is 9.70. The molecular weight excluding hydrogens is 338 g/mol. The summed E-state index contributed by atoms with van der Waals surface area (Å²) in [4.78, 5) is 2.83. The molecule has 0 radical (unpaired) electrons. The highest BCUT2D eigenvalue weighted by atomic mass is 32.1. The molecule has 0 amide bonds.